The molecular weight excluding hydrogens is 202 g/mol. The maximum absolute atomic E-state index is 11.1. The minimum absolute atomic E-state index is 0.458. The minimum Gasteiger partial charge on any atom is -0.480 e. The molecule has 1 aromatic carbocycles. The van der Waals surface area contributed by atoms with Crippen LogP contribution in [-0.2, 0) is 11.2 Å². The number of hydrogen-bond donors (Lipinski definition) is 1. The Bertz CT molecular complexity index is 386. The van der Waals surface area contributed by atoms with Crippen molar-refractivity contribution < 1.29 is 9.90 Å². The van der Waals surface area contributed by atoms with E-state index in [1.165, 1.54) is 5.56 Å². The Hall–Kier alpha value is -1.35. The molecular formula is C13H19NO2. The molecule has 1 rings (SSSR count). The molecule has 0 aliphatic rings. The number of rotatable bonds is 4. The molecule has 0 bridgehead atoms. The fourth-order valence-electron chi connectivity index (χ4n) is 1.72. The zero-order valence-electron chi connectivity index (χ0n) is 10.3. The summed E-state index contributed by atoms with van der Waals surface area (Å²) in [6.45, 7) is 4.04. The Labute approximate surface area is 96.7 Å². The second-order valence-corrected chi connectivity index (χ2v) is 4.45. The first kappa shape index (κ1) is 12.7. The van der Waals surface area contributed by atoms with Gasteiger partial charge in [-0.2, -0.15) is 0 Å². The Morgan fingerprint density at radius 3 is 2.50 bits per heavy atom. The molecule has 0 spiro atoms. The van der Waals surface area contributed by atoms with Gasteiger partial charge in [-0.15, -0.1) is 0 Å². The van der Waals surface area contributed by atoms with E-state index in [1.54, 1.807) is 19.0 Å². The van der Waals surface area contributed by atoms with E-state index >= 15 is 0 Å². The zero-order valence-corrected chi connectivity index (χ0v) is 10.3. The number of carbonyl (C=O) groups is 1. The molecule has 3 heteroatoms. The van der Waals surface area contributed by atoms with Crippen LogP contribution in [0, 0.1) is 13.8 Å². The summed E-state index contributed by atoms with van der Waals surface area (Å²) < 4.78 is 0. The summed E-state index contributed by atoms with van der Waals surface area (Å²) in [6, 6.07) is 5.69. The third-order valence-corrected chi connectivity index (χ3v) is 2.83. The topological polar surface area (TPSA) is 40.5 Å². The van der Waals surface area contributed by atoms with E-state index in [0.29, 0.717) is 6.42 Å². The molecule has 0 aliphatic carbocycles. The first-order valence-electron chi connectivity index (χ1n) is 5.37. The molecule has 16 heavy (non-hydrogen) atoms. The third-order valence-electron chi connectivity index (χ3n) is 2.83. The fraction of sp³-hybridized carbons (Fsp3) is 0.462. The first-order chi connectivity index (χ1) is 7.41. The molecule has 0 fully saturated rings. The minimum atomic E-state index is -0.772. The van der Waals surface area contributed by atoms with Gasteiger partial charge in [-0.3, -0.25) is 9.69 Å². The summed E-state index contributed by atoms with van der Waals surface area (Å²) >= 11 is 0. The summed E-state index contributed by atoms with van der Waals surface area (Å²) in [5.74, 6) is -0.772. The van der Waals surface area contributed by atoms with E-state index in [4.69, 9.17) is 5.11 Å². The summed E-state index contributed by atoms with van der Waals surface area (Å²) in [6.07, 6.45) is 0.551. The highest BCUT2D eigenvalue weighted by molar-refractivity contribution is 5.74. The number of aliphatic carboxylic acids is 1. The second kappa shape index (κ2) is 5.12. The molecule has 0 amide bonds. The van der Waals surface area contributed by atoms with E-state index in [-0.39, 0.29) is 0 Å². The highest BCUT2D eigenvalue weighted by Gasteiger charge is 2.20. The van der Waals surface area contributed by atoms with Gasteiger partial charge in [0, 0.05) is 0 Å². The van der Waals surface area contributed by atoms with Crippen LogP contribution >= 0.6 is 0 Å². The molecule has 1 atom stereocenters. The normalized spacial score (nSPS) is 12.8. The second-order valence-electron chi connectivity index (χ2n) is 4.45. The molecule has 88 valence electrons. The Kier molecular flexibility index (Phi) is 4.07. The quantitative estimate of drug-likeness (QED) is 0.843. The fourth-order valence-corrected chi connectivity index (χ4v) is 1.72. The van der Waals surface area contributed by atoms with Crippen molar-refractivity contribution >= 4 is 5.97 Å². The van der Waals surface area contributed by atoms with Gasteiger partial charge >= 0.3 is 5.97 Å². The predicted octanol–water partition coefficient (Wildman–Crippen LogP) is 1.86. The molecule has 3 nitrogen and oxygen atoms in total. The van der Waals surface area contributed by atoms with Crippen molar-refractivity contribution in [3.63, 3.8) is 0 Å². The molecule has 0 radical (unpaired) electrons. The Balaban J connectivity index is 2.93. The summed E-state index contributed by atoms with van der Waals surface area (Å²) in [7, 11) is 3.59. The van der Waals surface area contributed by atoms with Crippen LogP contribution in [0.15, 0.2) is 18.2 Å². The van der Waals surface area contributed by atoms with Crippen molar-refractivity contribution in [3.8, 4) is 0 Å². The van der Waals surface area contributed by atoms with Crippen molar-refractivity contribution in [1.82, 2.24) is 4.90 Å². The summed E-state index contributed by atoms with van der Waals surface area (Å²) in [5.41, 5.74) is 3.43. The van der Waals surface area contributed by atoms with Gasteiger partial charge in [0.05, 0.1) is 0 Å². The van der Waals surface area contributed by atoms with Gasteiger partial charge < -0.3 is 5.11 Å². The average molecular weight is 221 g/mol. The van der Waals surface area contributed by atoms with Crippen LogP contribution in [0.25, 0.3) is 0 Å². The van der Waals surface area contributed by atoms with Crippen LogP contribution in [0.5, 0.6) is 0 Å². The molecule has 0 saturated heterocycles. The number of carboxylic acids is 1. The number of likely N-dealkylation sites (N-methyl/N-ethyl adjacent to an activating group) is 1. The van der Waals surface area contributed by atoms with Crippen LogP contribution < -0.4 is 0 Å². The van der Waals surface area contributed by atoms with E-state index in [2.05, 4.69) is 6.07 Å². The van der Waals surface area contributed by atoms with E-state index in [1.807, 2.05) is 26.0 Å². The SMILES string of the molecule is Cc1ccc(C)c(C[C@@H](C(=O)O)N(C)C)c1. The molecule has 1 N–H and O–H groups in total. The van der Waals surface area contributed by atoms with E-state index < -0.39 is 12.0 Å². The lowest BCUT2D eigenvalue weighted by molar-refractivity contribution is -0.142. The Morgan fingerprint density at radius 2 is 2.00 bits per heavy atom. The van der Waals surface area contributed by atoms with Crippen LogP contribution in [-0.4, -0.2) is 36.1 Å². The first-order valence-corrected chi connectivity index (χ1v) is 5.37. The van der Waals surface area contributed by atoms with Gasteiger partial charge in [0.25, 0.3) is 0 Å². The number of nitrogens with zero attached hydrogens (tertiary/aromatic N) is 1. The summed E-state index contributed by atoms with van der Waals surface area (Å²) in [4.78, 5) is 12.8. The molecule has 0 saturated carbocycles. The molecule has 0 aromatic heterocycles. The third kappa shape index (κ3) is 3.07. The van der Waals surface area contributed by atoms with Gasteiger partial charge in [0.2, 0.25) is 0 Å². The highest BCUT2D eigenvalue weighted by Crippen LogP contribution is 2.14. The standard InChI is InChI=1S/C13H19NO2/c1-9-5-6-10(2)11(7-9)8-12(13(15)16)14(3)4/h5-7,12H,8H2,1-4H3,(H,15,16)/t12-/m0/s1. The van der Waals surface area contributed by atoms with Crippen molar-refractivity contribution in [2.75, 3.05) is 14.1 Å². The molecule has 0 heterocycles. The van der Waals surface area contributed by atoms with Crippen LogP contribution in [0.3, 0.4) is 0 Å². The van der Waals surface area contributed by atoms with Crippen molar-refractivity contribution in [1.29, 1.82) is 0 Å². The summed E-state index contributed by atoms with van der Waals surface area (Å²) in [5, 5.41) is 9.12. The van der Waals surface area contributed by atoms with Crippen LogP contribution in [0.2, 0.25) is 0 Å². The van der Waals surface area contributed by atoms with Crippen molar-refractivity contribution in [3.05, 3.63) is 34.9 Å². The number of hydrogen-bond acceptors (Lipinski definition) is 2. The molecule has 1 aromatic rings. The number of aryl methyl sites for hydroxylation is 2. The van der Waals surface area contributed by atoms with Gasteiger partial charge in [-0.25, -0.2) is 0 Å². The van der Waals surface area contributed by atoms with Gasteiger partial charge in [0.1, 0.15) is 6.04 Å². The average Bonchev–Trinajstić information content (AvgIpc) is 2.18. The lowest BCUT2D eigenvalue weighted by Gasteiger charge is -2.21. The van der Waals surface area contributed by atoms with Crippen LogP contribution in [0.4, 0.5) is 0 Å². The van der Waals surface area contributed by atoms with Crippen LogP contribution in [0.1, 0.15) is 16.7 Å². The van der Waals surface area contributed by atoms with E-state index in [0.717, 1.165) is 11.1 Å². The number of benzene rings is 1. The smallest absolute Gasteiger partial charge is 0.321 e. The van der Waals surface area contributed by atoms with Gasteiger partial charge in [-0.1, -0.05) is 23.8 Å². The maximum Gasteiger partial charge on any atom is 0.321 e. The highest BCUT2D eigenvalue weighted by atomic mass is 16.4. The van der Waals surface area contributed by atoms with Gasteiger partial charge in [0.15, 0.2) is 0 Å². The van der Waals surface area contributed by atoms with Crippen molar-refractivity contribution in [2.45, 2.75) is 26.3 Å². The Morgan fingerprint density at radius 1 is 1.38 bits per heavy atom. The lowest BCUT2D eigenvalue weighted by Crippen LogP contribution is -2.37. The van der Waals surface area contributed by atoms with Gasteiger partial charge in [-0.05, 0) is 45.5 Å². The monoisotopic (exact) mass is 221 g/mol. The molecule has 0 aliphatic heterocycles. The number of carboxylic acid groups (broad SMARTS) is 1. The van der Waals surface area contributed by atoms with E-state index in [9.17, 15) is 4.79 Å². The molecule has 0 unspecified atom stereocenters. The van der Waals surface area contributed by atoms with Crippen molar-refractivity contribution in [2.24, 2.45) is 0 Å². The lowest BCUT2D eigenvalue weighted by atomic mass is 9.98. The predicted molar refractivity (Wildman–Crippen MR) is 64.7 cm³/mol. The largest absolute Gasteiger partial charge is 0.480 e. The zero-order chi connectivity index (χ0) is 12.3. The maximum atomic E-state index is 11.1.